The molecule has 4 aliphatic rings. The fourth-order valence-electron chi connectivity index (χ4n) is 10.2. The summed E-state index contributed by atoms with van der Waals surface area (Å²) in [5, 5.41) is 13.4. The number of hydrogen-bond acceptors (Lipinski definition) is 16. The highest BCUT2D eigenvalue weighted by atomic mass is 16.6. The van der Waals surface area contributed by atoms with Gasteiger partial charge in [0.1, 0.15) is 29.7 Å². The lowest BCUT2D eigenvalue weighted by Crippen LogP contribution is -2.72. The van der Waals surface area contributed by atoms with Gasteiger partial charge in [0.15, 0.2) is 24.4 Å². The molecule has 300 valence electrons. The molecule has 1 aromatic carbocycles. The minimum absolute atomic E-state index is 0.128. The van der Waals surface area contributed by atoms with Gasteiger partial charge >= 0.3 is 41.8 Å². The molecule has 1 N–H and O–H groups in total. The molecular formula is C39H48O16. The highest BCUT2D eigenvalue weighted by Crippen LogP contribution is 2.69. The summed E-state index contributed by atoms with van der Waals surface area (Å²) in [7, 11) is 0. The second kappa shape index (κ2) is 14.7. The predicted octanol–water partition coefficient (Wildman–Crippen LogP) is 2.44. The molecule has 16 nitrogen and oxygen atoms in total. The van der Waals surface area contributed by atoms with Crippen LogP contribution in [-0.4, -0.2) is 101 Å². The first-order chi connectivity index (χ1) is 25.5. The van der Waals surface area contributed by atoms with Crippen molar-refractivity contribution in [3.8, 4) is 0 Å². The molecule has 55 heavy (non-hydrogen) atoms. The van der Waals surface area contributed by atoms with E-state index >= 15 is 0 Å². The maximum atomic E-state index is 14.6. The van der Waals surface area contributed by atoms with Gasteiger partial charge in [0, 0.05) is 52.9 Å². The Morgan fingerprint density at radius 3 is 1.84 bits per heavy atom. The first-order valence-corrected chi connectivity index (χ1v) is 18.1. The Kier molecular flexibility index (Phi) is 11.0. The van der Waals surface area contributed by atoms with Crippen LogP contribution in [0.25, 0.3) is 0 Å². The van der Waals surface area contributed by atoms with E-state index in [1.807, 2.05) is 0 Å². The van der Waals surface area contributed by atoms with Crippen LogP contribution in [0.5, 0.6) is 0 Å². The summed E-state index contributed by atoms with van der Waals surface area (Å²) in [5.41, 5.74) is -8.05. The van der Waals surface area contributed by atoms with Gasteiger partial charge in [-0.3, -0.25) is 28.8 Å². The number of rotatable bonds is 9. The number of Topliss-reactive ketones (excluding diaryl/α,β-unsaturated/α-hetero) is 1. The molecule has 4 fully saturated rings. The molecule has 0 radical (unpaired) electrons. The van der Waals surface area contributed by atoms with E-state index in [1.165, 1.54) is 19.1 Å². The molecule has 5 rings (SSSR count). The number of carbonyl (C=O) groups is 8. The molecular weight excluding hydrogens is 724 g/mol. The van der Waals surface area contributed by atoms with Gasteiger partial charge in [-0.25, -0.2) is 9.59 Å². The highest BCUT2D eigenvalue weighted by Gasteiger charge is 2.84. The summed E-state index contributed by atoms with van der Waals surface area (Å²) >= 11 is 0. The van der Waals surface area contributed by atoms with Crippen LogP contribution >= 0.6 is 0 Å². The van der Waals surface area contributed by atoms with Crippen LogP contribution in [-0.2, 0) is 66.7 Å². The number of carbonyl (C=O) groups excluding carboxylic acids is 8. The molecule has 0 aliphatic heterocycles. The molecule has 4 aliphatic carbocycles. The van der Waals surface area contributed by atoms with Crippen molar-refractivity contribution in [2.75, 3.05) is 6.61 Å². The fraction of sp³-hybridized carbons (Fsp3) is 0.641. The number of aliphatic hydroxyl groups is 1. The Balaban J connectivity index is 1.90. The zero-order valence-electron chi connectivity index (χ0n) is 32.3. The van der Waals surface area contributed by atoms with E-state index in [9.17, 15) is 43.5 Å². The van der Waals surface area contributed by atoms with Gasteiger partial charge in [0.2, 0.25) is 0 Å². The Bertz CT molecular complexity index is 1770. The lowest BCUT2D eigenvalue weighted by Gasteiger charge is -2.58. The van der Waals surface area contributed by atoms with Gasteiger partial charge in [0.25, 0.3) is 0 Å². The largest absolute Gasteiger partial charge is 0.461 e. The van der Waals surface area contributed by atoms with Crippen molar-refractivity contribution in [2.45, 2.75) is 117 Å². The number of esters is 7. The van der Waals surface area contributed by atoms with E-state index in [1.54, 1.807) is 39.0 Å². The van der Waals surface area contributed by atoms with Crippen LogP contribution in [0.15, 0.2) is 30.3 Å². The molecule has 12 atom stereocenters. The van der Waals surface area contributed by atoms with Crippen LogP contribution in [0.2, 0.25) is 0 Å². The van der Waals surface area contributed by atoms with Gasteiger partial charge in [-0.05, 0) is 38.3 Å². The van der Waals surface area contributed by atoms with E-state index in [4.69, 9.17) is 33.2 Å². The van der Waals surface area contributed by atoms with Gasteiger partial charge < -0.3 is 38.3 Å². The lowest BCUT2D eigenvalue weighted by atomic mass is 9.53. The van der Waals surface area contributed by atoms with Gasteiger partial charge in [-0.15, -0.1) is 0 Å². The Hall–Kier alpha value is -4.86. The van der Waals surface area contributed by atoms with Gasteiger partial charge in [0.05, 0.1) is 22.3 Å². The first kappa shape index (κ1) is 41.3. The third-order valence-electron chi connectivity index (χ3n) is 11.8. The molecule has 2 bridgehead atoms. The van der Waals surface area contributed by atoms with Crippen molar-refractivity contribution in [3.63, 3.8) is 0 Å². The van der Waals surface area contributed by atoms with Crippen LogP contribution in [0.1, 0.15) is 85.5 Å². The Morgan fingerprint density at radius 2 is 1.29 bits per heavy atom. The zero-order valence-corrected chi connectivity index (χ0v) is 32.3. The van der Waals surface area contributed by atoms with Crippen molar-refractivity contribution >= 4 is 47.6 Å². The van der Waals surface area contributed by atoms with Crippen molar-refractivity contribution < 1.29 is 76.6 Å². The normalized spacial score (nSPS) is 36.8. The van der Waals surface area contributed by atoms with E-state index in [2.05, 4.69) is 0 Å². The van der Waals surface area contributed by atoms with Crippen molar-refractivity contribution in [2.24, 2.45) is 34.5 Å². The molecule has 0 spiro atoms. The molecule has 16 heteroatoms. The quantitative estimate of drug-likeness (QED) is 0.281. The summed E-state index contributed by atoms with van der Waals surface area (Å²) in [6.45, 7) is 10.6. The fourth-order valence-corrected chi connectivity index (χ4v) is 10.2. The van der Waals surface area contributed by atoms with Crippen LogP contribution < -0.4 is 0 Å². The number of ketones is 1. The topological polar surface area (TPSA) is 221 Å². The van der Waals surface area contributed by atoms with Crippen LogP contribution in [0, 0.1) is 34.5 Å². The third-order valence-corrected chi connectivity index (χ3v) is 11.8. The molecule has 0 heterocycles. The summed E-state index contributed by atoms with van der Waals surface area (Å²) in [6.07, 6.45) is -9.00. The predicted molar refractivity (Wildman–Crippen MR) is 184 cm³/mol. The van der Waals surface area contributed by atoms with Crippen molar-refractivity contribution in [1.29, 1.82) is 0 Å². The summed E-state index contributed by atoms with van der Waals surface area (Å²) in [6, 6.07) is 7.88. The SMILES string of the molecule is CC(=O)OCC(=O)O[C@H]1[C@@H]2[C@H](OC(=O)c3ccccc3)[C@H](C)C[C@@]2(O)[C@@H](OC(C)=O)[C@@]2(C)C(OC(C)=O)[C@]1(OC(C)=O)C[C@@H]1C(=O)C(C)(C)[C@H](OC(C)=O)[C@H]12. The smallest absolute Gasteiger partial charge is 0.344 e. The minimum atomic E-state index is -2.38. The average Bonchev–Trinajstić information content (AvgIpc) is 3.42. The van der Waals surface area contributed by atoms with E-state index in [0.29, 0.717) is 0 Å². The second-order valence-electron chi connectivity index (χ2n) is 16.0. The summed E-state index contributed by atoms with van der Waals surface area (Å²) in [4.78, 5) is 106. The van der Waals surface area contributed by atoms with E-state index in [-0.39, 0.29) is 12.0 Å². The lowest BCUT2D eigenvalue weighted by molar-refractivity contribution is -0.276. The van der Waals surface area contributed by atoms with Gasteiger partial charge in [-0.1, -0.05) is 32.0 Å². The summed E-state index contributed by atoms with van der Waals surface area (Å²) < 4.78 is 41.5. The molecule has 1 unspecified atom stereocenters. The molecule has 1 aromatic rings. The number of fused-ring (bicyclic) bond motifs is 5. The highest BCUT2D eigenvalue weighted by molar-refractivity contribution is 5.91. The van der Waals surface area contributed by atoms with Gasteiger partial charge in [-0.2, -0.15) is 0 Å². The third kappa shape index (κ3) is 6.97. The van der Waals surface area contributed by atoms with Crippen LogP contribution in [0.4, 0.5) is 0 Å². The second-order valence-corrected chi connectivity index (χ2v) is 16.0. The van der Waals surface area contributed by atoms with E-state index < -0.39 is 137 Å². The van der Waals surface area contributed by atoms with Crippen molar-refractivity contribution in [1.82, 2.24) is 0 Å². The standard InChI is InChI=1S/C39H48O16/c1-18-15-38(48)28(29(18)54-33(47)24-13-11-10-12-14-24)32(53-26(45)17-49-19(2)40)39(55-23(6)44)16-25-27(31(50-20(3)41)36(7,8)30(25)46)37(9,34(38)51-21(4)42)35(39)52-22(5)43/h10-14,18,25,27-29,31-32,34-35,48H,15-17H2,1-9H3/t18-,25+,27+,28+,29-,31-,32+,34+,35?,37+,38+,39+/m1/s1. The molecule has 0 saturated heterocycles. The first-order valence-electron chi connectivity index (χ1n) is 18.1. The number of ether oxygens (including phenoxy) is 7. The number of hydrogen-bond donors (Lipinski definition) is 1. The molecule has 4 saturated carbocycles. The minimum Gasteiger partial charge on any atom is -0.461 e. The Labute approximate surface area is 317 Å². The van der Waals surface area contributed by atoms with E-state index in [0.717, 1.165) is 34.6 Å². The number of benzene rings is 1. The maximum Gasteiger partial charge on any atom is 0.344 e. The molecule has 0 amide bonds. The summed E-state index contributed by atoms with van der Waals surface area (Å²) in [5.74, 6) is -11.8. The van der Waals surface area contributed by atoms with Crippen LogP contribution in [0.3, 0.4) is 0 Å². The maximum absolute atomic E-state index is 14.6. The molecule has 0 aromatic heterocycles. The monoisotopic (exact) mass is 772 g/mol. The Morgan fingerprint density at radius 1 is 0.709 bits per heavy atom. The average molecular weight is 773 g/mol. The zero-order chi connectivity index (χ0) is 41.0. The van der Waals surface area contributed by atoms with Crippen molar-refractivity contribution in [3.05, 3.63) is 35.9 Å².